The number of carbonyl (C=O) groups excluding carboxylic acids is 1. The summed E-state index contributed by atoms with van der Waals surface area (Å²) in [6.45, 7) is 1.92. The third-order valence-corrected chi connectivity index (χ3v) is 4.17. The first-order chi connectivity index (χ1) is 12.0. The molecule has 2 aromatic rings. The fourth-order valence-corrected chi connectivity index (χ4v) is 3.10. The number of nitrogens with one attached hydrogen (secondary N) is 1. The second kappa shape index (κ2) is 7.19. The second-order valence-corrected chi connectivity index (χ2v) is 6.08. The average Bonchev–Trinajstić information content (AvgIpc) is 2.54. The quantitative estimate of drug-likeness (QED) is 0.918. The van der Waals surface area contributed by atoms with Gasteiger partial charge in [-0.3, -0.25) is 4.79 Å². The van der Waals surface area contributed by atoms with Gasteiger partial charge in [0.15, 0.2) is 6.10 Å². The molecular weight excluding hydrogens is 328 g/mol. The molecule has 1 heterocycles. The van der Waals surface area contributed by atoms with Crippen molar-refractivity contribution in [2.24, 2.45) is 0 Å². The normalized spacial score (nSPS) is 20.3. The van der Waals surface area contributed by atoms with Gasteiger partial charge in [-0.15, -0.1) is 0 Å². The van der Waals surface area contributed by atoms with E-state index in [2.05, 4.69) is 5.32 Å². The van der Waals surface area contributed by atoms with E-state index < -0.39 is 23.6 Å². The predicted octanol–water partition coefficient (Wildman–Crippen LogP) is 3.68. The summed E-state index contributed by atoms with van der Waals surface area (Å²) in [4.78, 5) is 12.7. The lowest BCUT2D eigenvalue weighted by molar-refractivity contribution is -0.132. The zero-order valence-electron chi connectivity index (χ0n) is 14.0. The maximum Gasteiger partial charge on any atom is 0.254 e. The summed E-state index contributed by atoms with van der Waals surface area (Å²) in [5.41, 5.74) is 1.00. The number of rotatable bonds is 4. The van der Waals surface area contributed by atoms with Gasteiger partial charge in [0.05, 0.1) is 12.1 Å². The first kappa shape index (κ1) is 17.4. The van der Waals surface area contributed by atoms with Crippen LogP contribution in [-0.4, -0.2) is 19.1 Å². The van der Waals surface area contributed by atoms with E-state index in [1.165, 1.54) is 7.11 Å². The van der Waals surface area contributed by atoms with Gasteiger partial charge in [0.1, 0.15) is 17.4 Å². The lowest BCUT2D eigenvalue weighted by atomic mass is 9.96. The van der Waals surface area contributed by atoms with E-state index in [-0.39, 0.29) is 17.7 Å². The summed E-state index contributed by atoms with van der Waals surface area (Å²) in [7, 11) is 1.33. The van der Waals surface area contributed by atoms with E-state index in [0.717, 1.165) is 29.5 Å². The zero-order chi connectivity index (χ0) is 18.0. The number of amides is 1. The molecule has 1 N–H and O–H groups in total. The number of halogens is 2. The van der Waals surface area contributed by atoms with Crippen LogP contribution < -0.4 is 10.1 Å². The van der Waals surface area contributed by atoms with Crippen LogP contribution in [0.4, 0.5) is 8.78 Å². The Kier molecular flexibility index (Phi) is 4.99. The Morgan fingerprint density at radius 1 is 1.24 bits per heavy atom. The molecule has 2 aromatic carbocycles. The molecule has 1 aliphatic rings. The molecule has 4 nitrogen and oxygen atoms in total. The molecule has 1 aliphatic heterocycles. The molecule has 0 radical (unpaired) electrons. The lowest BCUT2D eigenvalue weighted by Crippen LogP contribution is -2.38. The van der Waals surface area contributed by atoms with E-state index >= 15 is 0 Å². The van der Waals surface area contributed by atoms with Crippen LogP contribution in [0.25, 0.3) is 0 Å². The fraction of sp³-hybridized carbons (Fsp3) is 0.316. The van der Waals surface area contributed by atoms with Gasteiger partial charge in [-0.2, -0.15) is 0 Å². The van der Waals surface area contributed by atoms with Gasteiger partial charge < -0.3 is 14.8 Å². The van der Waals surface area contributed by atoms with Crippen LogP contribution in [0.15, 0.2) is 42.5 Å². The molecule has 3 rings (SSSR count). The maximum absolute atomic E-state index is 13.5. The van der Waals surface area contributed by atoms with Crippen LogP contribution in [0, 0.1) is 11.6 Å². The van der Waals surface area contributed by atoms with Crippen molar-refractivity contribution < 1.29 is 23.0 Å². The summed E-state index contributed by atoms with van der Waals surface area (Å²) in [5, 5.41) is 2.91. The molecule has 0 aromatic heterocycles. The number of methoxy groups -OCH3 is 1. The van der Waals surface area contributed by atoms with E-state index in [4.69, 9.17) is 9.47 Å². The Bertz CT molecular complexity index is 761. The van der Waals surface area contributed by atoms with Crippen molar-refractivity contribution >= 4 is 5.91 Å². The zero-order valence-corrected chi connectivity index (χ0v) is 14.0. The standard InChI is InChI=1S/C19H19F2NO3/c1-11-7-16(15-5-3-4-6-17(15)25-11)22-19(23)18(24-2)12-8-13(20)10-14(21)9-12/h3-6,8-11,16,18H,7H2,1-2H3,(H,22,23)/t11-,16-,18?/m1/s1. The SMILES string of the molecule is COC(C(=O)N[C@@H]1C[C@@H](C)Oc2ccccc21)c1cc(F)cc(F)c1. The van der Waals surface area contributed by atoms with E-state index in [0.29, 0.717) is 6.42 Å². The van der Waals surface area contributed by atoms with Crippen molar-refractivity contribution in [1.29, 1.82) is 0 Å². The lowest BCUT2D eigenvalue weighted by Gasteiger charge is -2.31. The minimum atomic E-state index is -1.10. The van der Waals surface area contributed by atoms with Crippen molar-refractivity contribution in [2.45, 2.75) is 31.6 Å². The topological polar surface area (TPSA) is 47.6 Å². The summed E-state index contributed by atoms with van der Waals surface area (Å²) < 4.78 is 37.9. The molecule has 0 saturated heterocycles. The van der Waals surface area contributed by atoms with Crippen molar-refractivity contribution in [3.05, 3.63) is 65.2 Å². The third-order valence-electron chi connectivity index (χ3n) is 4.17. The first-order valence-electron chi connectivity index (χ1n) is 8.02. The fourth-order valence-electron chi connectivity index (χ4n) is 3.10. The van der Waals surface area contributed by atoms with Gasteiger partial charge in [-0.25, -0.2) is 8.78 Å². The number of ether oxygens (including phenoxy) is 2. The number of benzene rings is 2. The second-order valence-electron chi connectivity index (χ2n) is 6.08. The molecule has 0 aliphatic carbocycles. The summed E-state index contributed by atoms with van der Waals surface area (Å²) in [6, 6.07) is 10.1. The van der Waals surface area contributed by atoms with Gasteiger partial charge in [0, 0.05) is 25.2 Å². The molecule has 1 amide bonds. The maximum atomic E-state index is 13.5. The highest BCUT2D eigenvalue weighted by Gasteiger charge is 2.30. The van der Waals surface area contributed by atoms with Crippen molar-refractivity contribution in [2.75, 3.05) is 7.11 Å². The highest BCUT2D eigenvalue weighted by atomic mass is 19.1. The van der Waals surface area contributed by atoms with Gasteiger partial charge in [-0.1, -0.05) is 18.2 Å². The third kappa shape index (κ3) is 3.79. The Balaban J connectivity index is 1.83. The predicted molar refractivity (Wildman–Crippen MR) is 88.1 cm³/mol. The smallest absolute Gasteiger partial charge is 0.254 e. The van der Waals surface area contributed by atoms with E-state index in [1.807, 2.05) is 31.2 Å². The molecule has 25 heavy (non-hydrogen) atoms. The Labute approximate surface area is 144 Å². The minimum absolute atomic E-state index is 0.0622. The number of fused-ring (bicyclic) bond motifs is 1. The van der Waals surface area contributed by atoms with Crippen molar-refractivity contribution in [1.82, 2.24) is 5.32 Å². The van der Waals surface area contributed by atoms with Gasteiger partial charge in [0.25, 0.3) is 5.91 Å². The van der Waals surface area contributed by atoms with Crippen LogP contribution in [-0.2, 0) is 9.53 Å². The molecule has 0 saturated carbocycles. The van der Waals surface area contributed by atoms with Crippen LogP contribution >= 0.6 is 0 Å². The average molecular weight is 347 g/mol. The molecular formula is C19H19F2NO3. The first-order valence-corrected chi connectivity index (χ1v) is 8.02. The van der Waals surface area contributed by atoms with E-state index in [1.54, 1.807) is 0 Å². The molecule has 0 spiro atoms. The molecule has 6 heteroatoms. The molecule has 0 bridgehead atoms. The highest BCUT2D eigenvalue weighted by molar-refractivity contribution is 5.82. The minimum Gasteiger partial charge on any atom is -0.490 e. The highest BCUT2D eigenvalue weighted by Crippen LogP contribution is 2.35. The monoisotopic (exact) mass is 347 g/mol. The number of hydrogen-bond donors (Lipinski definition) is 1. The van der Waals surface area contributed by atoms with Crippen LogP contribution in [0.3, 0.4) is 0 Å². The summed E-state index contributed by atoms with van der Waals surface area (Å²) in [5.74, 6) is -1.25. The van der Waals surface area contributed by atoms with Crippen molar-refractivity contribution in [3.8, 4) is 5.75 Å². The molecule has 1 unspecified atom stereocenters. The summed E-state index contributed by atoms with van der Waals surface area (Å²) in [6.07, 6.45) is -0.570. The van der Waals surface area contributed by atoms with E-state index in [9.17, 15) is 13.6 Å². The number of para-hydroxylation sites is 1. The molecule has 132 valence electrons. The van der Waals surface area contributed by atoms with Crippen molar-refractivity contribution in [3.63, 3.8) is 0 Å². The largest absolute Gasteiger partial charge is 0.490 e. The summed E-state index contributed by atoms with van der Waals surface area (Å²) >= 11 is 0. The van der Waals surface area contributed by atoms with Gasteiger partial charge >= 0.3 is 0 Å². The Morgan fingerprint density at radius 2 is 1.92 bits per heavy atom. The van der Waals surface area contributed by atoms with Crippen LogP contribution in [0.2, 0.25) is 0 Å². The Morgan fingerprint density at radius 3 is 2.60 bits per heavy atom. The number of carbonyl (C=O) groups is 1. The van der Waals surface area contributed by atoms with Gasteiger partial charge in [-0.05, 0) is 30.7 Å². The number of hydrogen-bond acceptors (Lipinski definition) is 3. The molecule has 0 fully saturated rings. The molecule has 3 atom stereocenters. The Hall–Kier alpha value is -2.47. The van der Waals surface area contributed by atoms with Crippen LogP contribution in [0.5, 0.6) is 5.75 Å². The van der Waals surface area contributed by atoms with Crippen LogP contribution in [0.1, 0.15) is 36.6 Å². The van der Waals surface area contributed by atoms with Gasteiger partial charge in [0.2, 0.25) is 0 Å².